The van der Waals surface area contributed by atoms with E-state index in [9.17, 15) is 9.90 Å². The molecule has 76 valence electrons. The lowest BCUT2D eigenvalue weighted by molar-refractivity contribution is -0.915. The summed E-state index contributed by atoms with van der Waals surface area (Å²) in [6.45, 7) is 6.40. The second-order valence-electron chi connectivity index (χ2n) is 4.54. The molecule has 2 N–H and O–H groups in total. The van der Waals surface area contributed by atoms with Crippen LogP contribution in [0.1, 0.15) is 27.2 Å². The number of quaternary nitrogens is 1. The first kappa shape index (κ1) is 10.7. The second kappa shape index (κ2) is 3.39. The summed E-state index contributed by atoms with van der Waals surface area (Å²) in [5, 5.41) is 10.1. The zero-order chi connectivity index (χ0) is 10.2. The zero-order valence-corrected chi connectivity index (χ0v) is 8.92. The standard InChI is InChI=1S/C10H19NO2/c1-7-6-11(4)8(2)5-10(7,13)9(3)12/h7-8,13H,5-6H2,1-4H3/p+1/t7-,8+,10+/m1/s1. The Bertz CT molecular complexity index is 217. The second-order valence-corrected chi connectivity index (χ2v) is 4.54. The molecule has 1 heterocycles. The number of hydrogen-bond acceptors (Lipinski definition) is 2. The van der Waals surface area contributed by atoms with Gasteiger partial charge in [0.2, 0.25) is 0 Å². The van der Waals surface area contributed by atoms with Crippen LogP contribution in [0.2, 0.25) is 0 Å². The fraction of sp³-hybridized carbons (Fsp3) is 0.900. The van der Waals surface area contributed by atoms with Crippen molar-refractivity contribution < 1.29 is 14.8 Å². The summed E-state index contributed by atoms with van der Waals surface area (Å²) in [6, 6.07) is 0.366. The van der Waals surface area contributed by atoms with Crippen molar-refractivity contribution in [2.24, 2.45) is 5.92 Å². The van der Waals surface area contributed by atoms with E-state index in [1.807, 2.05) is 6.92 Å². The third-order valence-corrected chi connectivity index (χ3v) is 3.51. The molecule has 3 heteroatoms. The molecule has 0 radical (unpaired) electrons. The van der Waals surface area contributed by atoms with Crippen molar-refractivity contribution in [1.82, 2.24) is 0 Å². The first-order valence-electron chi connectivity index (χ1n) is 4.93. The molecule has 1 unspecified atom stereocenters. The van der Waals surface area contributed by atoms with Gasteiger partial charge in [0.15, 0.2) is 5.78 Å². The Labute approximate surface area is 79.7 Å². The van der Waals surface area contributed by atoms with Crippen LogP contribution in [-0.4, -0.2) is 36.1 Å². The molecule has 0 amide bonds. The van der Waals surface area contributed by atoms with Crippen LogP contribution in [0.3, 0.4) is 0 Å². The predicted molar refractivity (Wildman–Crippen MR) is 50.6 cm³/mol. The van der Waals surface area contributed by atoms with E-state index >= 15 is 0 Å². The minimum atomic E-state index is -1.07. The van der Waals surface area contributed by atoms with Crippen LogP contribution in [0.5, 0.6) is 0 Å². The van der Waals surface area contributed by atoms with Crippen molar-refractivity contribution in [2.45, 2.75) is 38.8 Å². The monoisotopic (exact) mass is 186 g/mol. The van der Waals surface area contributed by atoms with E-state index in [4.69, 9.17) is 0 Å². The van der Waals surface area contributed by atoms with Crippen molar-refractivity contribution in [3.8, 4) is 0 Å². The highest BCUT2D eigenvalue weighted by Crippen LogP contribution is 2.25. The number of carbonyl (C=O) groups is 1. The van der Waals surface area contributed by atoms with Gasteiger partial charge in [-0.05, 0) is 13.8 Å². The highest BCUT2D eigenvalue weighted by molar-refractivity contribution is 5.85. The van der Waals surface area contributed by atoms with E-state index in [1.165, 1.54) is 11.8 Å². The van der Waals surface area contributed by atoms with Crippen LogP contribution in [-0.2, 0) is 4.79 Å². The average molecular weight is 186 g/mol. The summed E-state index contributed by atoms with van der Waals surface area (Å²) in [6.07, 6.45) is 0.593. The molecule has 1 rings (SSSR count). The van der Waals surface area contributed by atoms with E-state index in [1.54, 1.807) is 0 Å². The minimum Gasteiger partial charge on any atom is -0.381 e. The number of rotatable bonds is 1. The molecule has 0 spiro atoms. The van der Waals surface area contributed by atoms with Crippen molar-refractivity contribution in [2.75, 3.05) is 13.6 Å². The lowest BCUT2D eigenvalue weighted by Crippen LogP contribution is -3.15. The van der Waals surface area contributed by atoms with Crippen LogP contribution >= 0.6 is 0 Å². The van der Waals surface area contributed by atoms with Gasteiger partial charge in [-0.1, -0.05) is 6.92 Å². The SMILES string of the molecule is CC(=O)[C@]1(O)C[C@H](C)[NH+](C)C[C@H]1C. The number of carbonyl (C=O) groups excluding carboxylic acids is 1. The van der Waals surface area contributed by atoms with E-state index in [-0.39, 0.29) is 11.7 Å². The van der Waals surface area contributed by atoms with Crippen molar-refractivity contribution in [3.63, 3.8) is 0 Å². The molecular formula is C10H20NO2+. The molecule has 3 nitrogen and oxygen atoms in total. The maximum absolute atomic E-state index is 11.3. The molecule has 0 bridgehead atoms. The predicted octanol–water partition coefficient (Wildman–Crippen LogP) is -0.750. The Kier molecular flexibility index (Phi) is 2.78. The number of Topliss-reactive ketones (excluding diaryl/α,β-unsaturated/α-hetero) is 1. The molecule has 0 saturated carbocycles. The van der Waals surface area contributed by atoms with E-state index in [2.05, 4.69) is 14.0 Å². The molecule has 0 aromatic rings. The maximum Gasteiger partial charge on any atom is 0.162 e. The fourth-order valence-corrected chi connectivity index (χ4v) is 2.19. The average Bonchev–Trinajstić information content (AvgIpc) is 2.01. The number of nitrogens with one attached hydrogen (secondary N) is 1. The largest absolute Gasteiger partial charge is 0.381 e. The fourth-order valence-electron chi connectivity index (χ4n) is 2.19. The number of piperidine rings is 1. The highest BCUT2D eigenvalue weighted by Gasteiger charge is 2.46. The topological polar surface area (TPSA) is 41.7 Å². The van der Waals surface area contributed by atoms with Gasteiger partial charge in [0, 0.05) is 12.3 Å². The van der Waals surface area contributed by atoms with E-state index in [0.717, 1.165) is 6.54 Å². The first-order chi connectivity index (χ1) is 5.88. The van der Waals surface area contributed by atoms with Crippen molar-refractivity contribution >= 4 is 5.78 Å². The Morgan fingerprint density at radius 3 is 2.54 bits per heavy atom. The van der Waals surface area contributed by atoms with Gasteiger partial charge in [0.05, 0.1) is 19.6 Å². The van der Waals surface area contributed by atoms with Gasteiger partial charge in [-0.15, -0.1) is 0 Å². The lowest BCUT2D eigenvalue weighted by atomic mass is 9.77. The number of hydrogen-bond donors (Lipinski definition) is 2. The van der Waals surface area contributed by atoms with Crippen LogP contribution in [0.4, 0.5) is 0 Å². The van der Waals surface area contributed by atoms with Gasteiger partial charge < -0.3 is 10.0 Å². The molecule has 13 heavy (non-hydrogen) atoms. The van der Waals surface area contributed by atoms with Gasteiger partial charge in [0.25, 0.3) is 0 Å². The molecule has 1 aliphatic heterocycles. The Hall–Kier alpha value is -0.410. The number of aliphatic hydroxyl groups is 1. The molecule has 0 aromatic carbocycles. The van der Waals surface area contributed by atoms with Gasteiger partial charge in [0.1, 0.15) is 5.60 Å². The Balaban J connectivity index is 2.82. The molecule has 0 aromatic heterocycles. The molecule has 0 aliphatic carbocycles. The third kappa shape index (κ3) is 1.76. The molecular weight excluding hydrogens is 166 g/mol. The smallest absolute Gasteiger partial charge is 0.162 e. The quantitative estimate of drug-likeness (QED) is 0.566. The van der Waals surface area contributed by atoms with Gasteiger partial charge >= 0.3 is 0 Å². The summed E-state index contributed by atoms with van der Waals surface area (Å²) < 4.78 is 0. The summed E-state index contributed by atoms with van der Waals surface area (Å²) in [5.74, 6) is -0.0134. The van der Waals surface area contributed by atoms with Crippen molar-refractivity contribution in [1.29, 1.82) is 0 Å². The molecule has 1 fully saturated rings. The highest BCUT2D eigenvalue weighted by atomic mass is 16.3. The van der Waals surface area contributed by atoms with Crippen LogP contribution in [0, 0.1) is 5.92 Å². The maximum atomic E-state index is 11.3. The summed E-state index contributed by atoms with van der Waals surface area (Å²) in [7, 11) is 2.11. The van der Waals surface area contributed by atoms with E-state index in [0.29, 0.717) is 12.5 Å². The van der Waals surface area contributed by atoms with Gasteiger partial charge in [-0.3, -0.25) is 4.79 Å². The van der Waals surface area contributed by atoms with E-state index < -0.39 is 5.60 Å². The Morgan fingerprint density at radius 2 is 2.08 bits per heavy atom. The Morgan fingerprint density at radius 1 is 1.54 bits per heavy atom. The summed E-state index contributed by atoms with van der Waals surface area (Å²) in [5.41, 5.74) is -1.07. The molecule has 1 saturated heterocycles. The summed E-state index contributed by atoms with van der Waals surface area (Å²) >= 11 is 0. The van der Waals surface area contributed by atoms with Gasteiger partial charge in [-0.25, -0.2) is 0 Å². The van der Waals surface area contributed by atoms with Crippen LogP contribution in [0.15, 0.2) is 0 Å². The number of likely N-dealkylation sites (tertiary alicyclic amines) is 1. The lowest BCUT2D eigenvalue weighted by Gasteiger charge is -2.41. The summed E-state index contributed by atoms with van der Waals surface area (Å²) in [4.78, 5) is 12.7. The zero-order valence-electron chi connectivity index (χ0n) is 8.92. The number of ketones is 1. The first-order valence-corrected chi connectivity index (χ1v) is 4.93. The third-order valence-electron chi connectivity index (χ3n) is 3.51. The molecule has 4 atom stereocenters. The van der Waals surface area contributed by atoms with Crippen LogP contribution < -0.4 is 4.90 Å². The van der Waals surface area contributed by atoms with Crippen LogP contribution in [0.25, 0.3) is 0 Å². The van der Waals surface area contributed by atoms with Crippen molar-refractivity contribution in [3.05, 3.63) is 0 Å². The molecule has 1 aliphatic rings. The van der Waals surface area contributed by atoms with Gasteiger partial charge in [-0.2, -0.15) is 0 Å². The normalized spacial score (nSPS) is 46.1. The minimum absolute atomic E-state index is 0.0706.